The van der Waals surface area contributed by atoms with Crippen LogP contribution >= 0.6 is 17.0 Å². The lowest BCUT2D eigenvalue weighted by molar-refractivity contribution is -0.181. The molecule has 0 spiro atoms. The number of halogens is 1. The summed E-state index contributed by atoms with van der Waals surface area (Å²) in [4.78, 5) is 14.8. The molecule has 1 unspecified atom stereocenters. The third-order valence-electron chi connectivity index (χ3n) is 5.47. The lowest BCUT2D eigenvalue weighted by atomic mass is 9.94. The molecule has 0 amide bonds. The van der Waals surface area contributed by atoms with E-state index >= 15 is 0 Å². The maximum atomic E-state index is 12.5. The molecule has 3 aliphatic heterocycles. The van der Waals surface area contributed by atoms with Crippen molar-refractivity contribution in [2.24, 2.45) is 0 Å². The number of likely N-dealkylation sites (N-methyl/N-ethyl adjacent to an activating group) is 1. The lowest BCUT2D eigenvalue weighted by Gasteiger charge is -2.38. The molecule has 4 rings (SSSR count). The van der Waals surface area contributed by atoms with Gasteiger partial charge in [-0.05, 0) is 12.6 Å². The Labute approximate surface area is 151 Å². The summed E-state index contributed by atoms with van der Waals surface area (Å²) >= 11 is 0. The van der Waals surface area contributed by atoms with E-state index in [1.54, 1.807) is 30.3 Å². The van der Waals surface area contributed by atoms with Crippen molar-refractivity contribution in [3.63, 3.8) is 0 Å². The molecule has 132 valence electrons. The fourth-order valence-electron chi connectivity index (χ4n) is 4.03. The Morgan fingerprint density at radius 3 is 2.42 bits per heavy atom. The summed E-state index contributed by atoms with van der Waals surface area (Å²) < 4.78 is 11.2. The Kier molecular flexibility index (Phi) is 4.74. The van der Waals surface area contributed by atoms with Crippen LogP contribution in [0.1, 0.15) is 18.4 Å². The quantitative estimate of drug-likeness (QED) is 0.569. The van der Waals surface area contributed by atoms with Gasteiger partial charge in [-0.3, -0.25) is 4.90 Å². The number of rotatable bonds is 4. The molecule has 3 heterocycles. The number of esters is 1. The number of morpholine rings is 1. The number of hydrogen-bond donors (Lipinski definition) is 2. The van der Waals surface area contributed by atoms with Crippen molar-refractivity contribution in [1.29, 1.82) is 0 Å². The molecule has 0 radical (unpaired) electrons. The van der Waals surface area contributed by atoms with Gasteiger partial charge in [0.2, 0.25) is 5.60 Å². The average molecular weight is 400 g/mol. The van der Waals surface area contributed by atoms with Crippen LogP contribution in [0.25, 0.3) is 0 Å². The molecule has 3 aliphatic rings. The molecule has 2 N–H and O–H groups in total. The zero-order valence-electron chi connectivity index (χ0n) is 13.4. The first-order chi connectivity index (χ1) is 11.0. The molecule has 2 bridgehead atoms. The van der Waals surface area contributed by atoms with Crippen LogP contribution < -0.4 is 0 Å². The maximum absolute atomic E-state index is 12.5. The van der Waals surface area contributed by atoms with Gasteiger partial charge in [0.05, 0.1) is 6.61 Å². The molecule has 1 aromatic carbocycles. The largest absolute Gasteiger partial charge is 0.460 e. The first-order valence-electron chi connectivity index (χ1n) is 8.02. The molecule has 3 saturated heterocycles. The SMILES string of the molecule is Br.CN1[C@@H]2CC(OC(=O)[C@@](O)(CO)c3ccccc3)C[C@H]1[C@@H]1O[C@@H]12. The second-order valence-electron chi connectivity index (χ2n) is 6.75. The molecule has 6 atom stereocenters. The van der Waals surface area contributed by atoms with Crippen LogP contribution in [0.4, 0.5) is 0 Å². The van der Waals surface area contributed by atoms with Gasteiger partial charge in [0.1, 0.15) is 18.3 Å². The average Bonchev–Trinajstić information content (AvgIpc) is 3.33. The lowest BCUT2D eigenvalue weighted by Crippen LogP contribution is -2.50. The van der Waals surface area contributed by atoms with Crippen LogP contribution in [0.2, 0.25) is 0 Å². The van der Waals surface area contributed by atoms with E-state index in [1.807, 2.05) is 0 Å². The van der Waals surface area contributed by atoms with Gasteiger partial charge >= 0.3 is 5.97 Å². The number of carbonyl (C=O) groups excluding carboxylic acids is 1. The van der Waals surface area contributed by atoms with E-state index in [2.05, 4.69) is 11.9 Å². The topological polar surface area (TPSA) is 82.5 Å². The van der Waals surface area contributed by atoms with Gasteiger partial charge < -0.3 is 19.7 Å². The van der Waals surface area contributed by atoms with Crippen molar-refractivity contribution in [3.05, 3.63) is 35.9 Å². The summed E-state index contributed by atoms with van der Waals surface area (Å²) in [6.07, 6.45) is 1.69. The molecule has 3 fully saturated rings. The molecule has 0 aromatic heterocycles. The van der Waals surface area contributed by atoms with E-state index in [4.69, 9.17) is 9.47 Å². The number of hydrogen-bond acceptors (Lipinski definition) is 6. The summed E-state index contributed by atoms with van der Waals surface area (Å²) in [7, 11) is 2.08. The Hall–Kier alpha value is -0.990. The Morgan fingerprint density at radius 2 is 1.88 bits per heavy atom. The maximum Gasteiger partial charge on any atom is 0.345 e. The third-order valence-corrected chi connectivity index (χ3v) is 5.47. The van der Waals surface area contributed by atoms with Crippen LogP contribution in [0.3, 0.4) is 0 Å². The highest BCUT2D eigenvalue weighted by molar-refractivity contribution is 8.93. The van der Waals surface area contributed by atoms with Gasteiger partial charge in [-0.15, -0.1) is 17.0 Å². The first-order valence-corrected chi connectivity index (χ1v) is 8.02. The zero-order chi connectivity index (χ0) is 16.2. The van der Waals surface area contributed by atoms with E-state index in [1.165, 1.54) is 0 Å². The molecule has 24 heavy (non-hydrogen) atoms. The van der Waals surface area contributed by atoms with Crippen molar-refractivity contribution in [1.82, 2.24) is 4.90 Å². The molecule has 0 aliphatic carbocycles. The minimum absolute atomic E-state index is 0. The Morgan fingerprint density at radius 1 is 1.29 bits per heavy atom. The second-order valence-corrected chi connectivity index (χ2v) is 6.75. The fourth-order valence-corrected chi connectivity index (χ4v) is 4.03. The molecular weight excluding hydrogens is 378 g/mol. The van der Waals surface area contributed by atoms with Crippen molar-refractivity contribution in [2.75, 3.05) is 13.7 Å². The molecular formula is C17H22BrNO5. The normalized spacial score (nSPS) is 36.2. The predicted molar refractivity (Wildman–Crippen MR) is 90.9 cm³/mol. The molecule has 6 nitrogen and oxygen atoms in total. The Bertz CT molecular complexity index is 596. The van der Waals surface area contributed by atoms with E-state index < -0.39 is 18.2 Å². The van der Waals surface area contributed by atoms with Crippen LogP contribution in [0, 0.1) is 0 Å². The van der Waals surface area contributed by atoms with Gasteiger partial charge in [0, 0.05) is 24.9 Å². The summed E-state index contributed by atoms with van der Waals surface area (Å²) in [5.74, 6) is -0.783. The number of epoxide rings is 1. The number of ether oxygens (including phenoxy) is 2. The predicted octanol–water partition coefficient (Wildman–Crippen LogP) is 0.600. The number of piperidine rings is 1. The number of aliphatic hydroxyl groups excluding tert-OH is 1. The van der Waals surface area contributed by atoms with Gasteiger partial charge in [-0.1, -0.05) is 30.3 Å². The van der Waals surface area contributed by atoms with Gasteiger partial charge in [0.15, 0.2) is 0 Å². The smallest absolute Gasteiger partial charge is 0.345 e. The summed E-state index contributed by atoms with van der Waals surface area (Å²) in [6, 6.07) is 8.98. The van der Waals surface area contributed by atoms with Crippen molar-refractivity contribution < 1.29 is 24.5 Å². The minimum Gasteiger partial charge on any atom is -0.460 e. The minimum atomic E-state index is -2.01. The standard InChI is InChI=1S/C17H21NO5.BrH/c1-18-12-7-11(8-13(18)15-14(12)23-15)22-16(20)17(21,9-19)10-5-3-2-4-6-10;/h2-6,11-15,19,21H,7-9H2,1H3;1H/t11?,12-,13+,14-,15+,17-;/m1./s1. The summed E-state index contributed by atoms with van der Waals surface area (Å²) in [5, 5.41) is 20.2. The van der Waals surface area contributed by atoms with Gasteiger partial charge in [-0.25, -0.2) is 4.79 Å². The van der Waals surface area contributed by atoms with Crippen LogP contribution in [0.15, 0.2) is 30.3 Å². The monoisotopic (exact) mass is 399 g/mol. The summed E-state index contributed by atoms with van der Waals surface area (Å²) in [5.41, 5.74) is -1.67. The molecule has 7 heteroatoms. The van der Waals surface area contributed by atoms with Crippen LogP contribution in [-0.2, 0) is 19.9 Å². The van der Waals surface area contributed by atoms with E-state index in [-0.39, 0.29) is 47.4 Å². The number of nitrogens with zero attached hydrogens (tertiary/aromatic N) is 1. The van der Waals surface area contributed by atoms with Gasteiger partial charge in [0.25, 0.3) is 0 Å². The fraction of sp³-hybridized carbons (Fsp3) is 0.588. The summed E-state index contributed by atoms with van der Waals surface area (Å²) in [6.45, 7) is -0.705. The van der Waals surface area contributed by atoms with Crippen molar-refractivity contribution in [2.45, 2.75) is 48.8 Å². The third kappa shape index (κ3) is 2.68. The highest BCUT2D eigenvalue weighted by atomic mass is 79.9. The Balaban J connectivity index is 0.00000169. The molecule has 1 aromatic rings. The number of benzene rings is 1. The van der Waals surface area contributed by atoms with Crippen LogP contribution in [-0.4, -0.2) is 65.1 Å². The second kappa shape index (κ2) is 6.38. The van der Waals surface area contributed by atoms with Crippen LogP contribution in [0.5, 0.6) is 0 Å². The highest BCUT2D eigenvalue weighted by Crippen LogP contribution is 2.48. The van der Waals surface area contributed by atoms with Gasteiger partial charge in [-0.2, -0.15) is 0 Å². The van der Waals surface area contributed by atoms with E-state index in [0.717, 1.165) is 0 Å². The zero-order valence-corrected chi connectivity index (χ0v) is 15.1. The number of fused-ring (bicyclic) bond motifs is 5. The highest BCUT2D eigenvalue weighted by Gasteiger charge is 2.63. The van der Waals surface area contributed by atoms with Crippen molar-refractivity contribution in [3.8, 4) is 0 Å². The first kappa shape index (κ1) is 17.8. The van der Waals surface area contributed by atoms with E-state index in [9.17, 15) is 15.0 Å². The number of aliphatic hydroxyl groups is 2. The van der Waals surface area contributed by atoms with E-state index in [0.29, 0.717) is 18.4 Å². The van der Waals surface area contributed by atoms with Crippen molar-refractivity contribution >= 4 is 23.0 Å². The number of carbonyl (C=O) groups is 1. The molecule has 0 saturated carbocycles.